The Hall–Kier alpha value is -2.66. The quantitative estimate of drug-likeness (QED) is 0.705. The number of hydrogen-bond donors (Lipinski definition) is 0. The number of aromatic nitrogens is 2. The minimum Gasteiger partial charge on any atom is -0.338 e. The van der Waals surface area contributed by atoms with E-state index >= 15 is 0 Å². The molecule has 3 aromatic rings. The molecule has 5 nitrogen and oxygen atoms in total. The molecule has 5 heterocycles. The molecule has 6 rings (SSSR count). The summed E-state index contributed by atoms with van der Waals surface area (Å²) in [6.45, 7) is 3.93. The maximum Gasteiger partial charge on any atom is 0.228 e. The summed E-state index contributed by atoms with van der Waals surface area (Å²) >= 11 is 0. The third-order valence-electron chi connectivity index (χ3n) is 6.18. The van der Waals surface area contributed by atoms with Crippen molar-refractivity contribution in [2.24, 2.45) is 5.92 Å². The molecule has 0 aliphatic carbocycles. The van der Waals surface area contributed by atoms with Crippen LogP contribution in [0.1, 0.15) is 24.1 Å². The van der Waals surface area contributed by atoms with E-state index in [1.165, 1.54) is 12.0 Å². The van der Waals surface area contributed by atoms with Gasteiger partial charge in [0.2, 0.25) is 5.91 Å². The number of hydrogen-bond acceptors (Lipinski definition) is 3. The maximum atomic E-state index is 13.2. The highest BCUT2D eigenvalue weighted by Crippen LogP contribution is 2.29. The van der Waals surface area contributed by atoms with Crippen LogP contribution >= 0.6 is 0 Å². The molecule has 28 heavy (non-hydrogen) atoms. The van der Waals surface area contributed by atoms with E-state index in [9.17, 15) is 4.79 Å². The first-order chi connectivity index (χ1) is 13.8. The Kier molecular flexibility index (Phi) is 4.61. The van der Waals surface area contributed by atoms with Crippen LogP contribution in [0.5, 0.6) is 0 Å². The highest BCUT2D eigenvalue weighted by Gasteiger charge is 2.37. The topological polar surface area (TPSA) is 40.9 Å². The molecule has 2 aromatic heterocycles. The molecule has 1 aromatic carbocycles. The predicted octanol–water partition coefficient (Wildman–Crippen LogP) is 3.00. The average molecular weight is 374 g/mol. The molecule has 0 N–H and O–H groups in total. The molecule has 0 unspecified atom stereocenters. The van der Waals surface area contributed by atoms with Crippen molar-refractivity contribution in [3.8, 4) is 0 Å². The lowest BCUT2D eigenvalue weighted by Crippen LogP contribution is -2.48. The zero-order valence-corrected chi connectivity index (χ0v) is 16.1. The normalized spacial score (nSPS) is 22.5. The Morgan fingerprint density at radius 2 is 1.86 bits per heavy atom. The number of amides is 1. The van der Waals surface area contributed by atoms with Crippen molar-refractivity contribution in [2.75, 3.05) is 19.6 Å². The molecule has 0 saturated carbocycles. The minimum absolute atomic E-state index is 0.238. The van der Waals surface area contributed by atoms with Crippen LogP contribution in [0.2, 0.25) is 0 Å². The Balaban J connectivity index is 1.30. The van der Waals surface area contributed by atoms with Gasteiger partial charge in [0.05, 0.1) is 12.1 Å². The second-order valence-electron chi connectivity index (χ2n) is 8.18. The Bertz CT molecular complexity index is 967. The third kappa shape index (κ3) is 3.42. The van der Waals surface area contributed by atoms with Crippen molar-refractivity contribution < 1.29 is 4.79 Å². The lowest BCUT2D eigenvalue weighted by atomic mass is 9.94. The first-order valence-corrected chi connectivity index (χ1v) is 10.2. The summed E-state index contributed by atoms with van der Waals surface area (Å²) in [5.74, 6) is 0.815. The molecule has 144 valence electrons. The van der Waals surface area contributed by atoms with Crippen molar-refractivity contribution in [2.45, 2.75) is 31.8 Å². The zero-order valence-electron chi connectivity index (χ0n) is 16.1. The predicted molar refractivity (Wildman–Crippen MR) is 109 cm³/mol. The zero-order chi connectivity index (χ0) is 18.9. The van der Waals surface area contributed by atoms with Crippen LogP contribution in [-0.2, 0) is 17.8 Å². The highest BCUT2D eigenvalue weighted by molar-refractivity contribution is 5.79. The first kappa shape index (κ1) is 17.4. The van der Waals surface area contributed by atoms with Crippen molar-refractivity contribution >= 4 is 11.6 Å². The van der Waals surface area contributed by atoms with Gasteiger partial charge in [0.1, 0.15) is 5.65 Å². The van der Waals surface area contributed by atoms with Crippen LogP contribution in [-0.4, -0.2) is 50.8 Å². The smallest absolute Gasteiger partial charge is 0.228 e. The number of carbonyl (C=O) groups is 1. The average Bonchev–Trinajstić information content (AvgIpc) is 2.91. The molecule has 3 aliphatic rings. The summed E-state index contributed by atoms with van der Waals surface area (Å²) in [4.78, 5) is 22.3. The number of fused-ring (bicyclic) bond motifs is 5. The molecular weight excluding hydrogens is 348 g/mol. The monoisotopic (exact) mass is 374 g/mol. The summed E-state index contributed by atoms with van der Waals surface area (Å²) in [7, 11) is 0. The van der Waals surface area contributed by atoms with E-state index in [4.69, 9.17) is 0 Å². The number of carbonyl (C=O) groups excluding carboxylic acids is 1. The SMILES string of the molecule is O=C(Cc1cnc2ccccn12)N1C[C@H]2CC[C@@H]1CN(Cc1ccccc1)C2. The van der Waals surface area contributed by atoms with E-state index in [-0.39, 0.29) is 5.91 Å². The van der Waals surface area contributed by atoms with Gasteiger partial charge >= 0.3 is 0 Å². The van der Waals surface area contributed by atoms with Crippen molar-refractivity contribution in [3.05, 3.63) is 72.2 Å². The molecule has 3 saturated heterocycles. The van der Waals surface area contributed by atoms with E-state index in [0.717, 1.165) is 43.9 Å². The van der Waals surface area contributed by atoms with E-state index in [2.05, 4.69) is 45.1 Å². The van der Waals surface area contributed by atoms with Crippen molar-refractivity contribution in [1.82, 2.24) is 19.2 Å². The van der Waals surface area contributed by atoms with Crippen LogP contribution in [0.3, 0.4) is 0 Å². The van der Waals surface area contributed by atoms with Gasteiger partial charge in [-0.1, -0.05) is 36.4 Å². The largest absolute Gasteiger partial charge is 0.338 e. The van der Waals surface area contributed by atoms with Gasteiger partial charge in [-0.25, -0.2) is 4.98 Å². The van der Waals surface area contributed by atoms with Crippen LogP contribution in [0.15, 0.2) is 60.9 Å². The molecule has 2 atom stereocenters. The van der Waals surface area contributed by atoms with Gasteiger partial charge in [-0.15, -0.1) is 0 Å². The molecule has 0 radical (unpaired) electrons. The van der Waals surface area contributed by atoms with E-state index in [0.29, 0.717) is 18.4 Å². The standard InChI is InChI=1S/C23H26N4O/c28-23(12-21-13-24-22-8-4-5-11-26(21)22)27-16-19-9-10-20(27)17-25(15-19)14-18-6-2-1-3-7-18/h1-8,11,13,19-20H,9-10,12,14-17H2/t19-,20+/m0/s1. The van der Waals surface area contributed by atoms with Crippen molar-refractivity contribution in [1.29, 1.82) is 0 Å². The summed E-state index contributed by atoms with van der Waals surface area (Å²) in [6.07, 6.45) is 6.60. The van der Waals surface area contributed by atoms with Gasteiger partial charge < -0.3 is 9.30 Å². The number of pyridine rings is 1. The lowest BCUT2D eigenvalue weighted by Gasteiger charge is -2.36. The number of benzene rings is 1. The summed E-state index contributed by atoms with van der Waals surface area (Å²) in [6, 6.07) is 16.9. The maximum absolute atomic E-state index is 13.2. The summed E-state index contributed by atoms with van der Waals surface area (Å²) in [5.41, 5.74) is 3.23. The van der Waals surface area contributed by atoms with Crippen molar-refractivity contribution in [3.63, 3.8) is 0 Å². The van der Waals surface area contributed by atoms with Crippen LogP contribution in [0.4, 0.5) is 0 Å². The molecule has 0 spiro atoms. The highest BCUT2D eigenvalue weighted by atomic mass is 16.2. The van der Waals surface area contributed by atoms with Gasteiger partial charge in [0, 0.05) is 44.6 Å². The summed E-state index contributed by atoms with van der Waals surface area (Å²) < 4.78 is 2.02. The lowest BCUT2D eigenvalue weighted by molar-refractivity contribution is -0.134. The Morgan fingerprint density at radius 3 is 2.75 bits per heavy atom. The van der Waals surface area contributed by atoms with E-state index in [1.807, 2.05) is 35.0 Å². The van der Waals surface area contributed by atoms with Gasteiger partial charge in [0.25, 0.3) is 0 Å². The minimum atomic E-state index is 0.238. The molecule has 3 aliphatic heterocycles. The van der Waals surface area contributed by atoms with Gasteiger partial charge in [-0.3, -0.25) is 9.69 Å². The first-order valence-electron chi connectivity index (χ1n) is 10.2. The number of piperidine rings is 1. The van der Waals surface area contributed by atoms with Gasteiger partial charge in [0.15, 0.2) is 0 Å². The van der Waals surface area contributed by atoms with E-state index < -0.39 is 0 Å². The molecule has 1 amide bonds. The van der Waals surface area contributed by atoms with Crippen LogP contribution in [0, 0.1) is 5.92 Å². The summed E-state index contributed by atoms with van der Waals surface area (Å²) in [5, 5.41) is 0. The second-order valence-corrected chi connectivity index (χ2v) is 8.18. The number of imidazole rings is 1. The van der Waals surface area contributed by atoms with Gasteiger partial charge in [-0.05, 0) is 36.5 Å². The molecule has 2 bridgehead atoms. The fourth-order valence-electron chi connectivity index (χ4n) is 4.83. The van der Waals surface area contributed by atoms with Gasteiger partial charge in [-0.2, -0.15) is 0 Å². The Morgan fingerprint density at radius 1 is 1.00 bits per heavy atom. The third-order valence-corrected chi connectivity index (χ3v) is 6.18. The number of nitrogens with zero attached hydrogens (tertiary/aromatic N) is 4. The molecule has 5 heteroatoms. The Labute approximate surface area is 165 Å². The van der Waals surface area contributed by atoms with Crippen LogP contribution in [0.25, 0.3) is 5.65 Å². The van der Waals surface area contributed by atoms with E-state index in [1.54, 1.807) is 0 Å². The van der Waals surface area contributed by atoms with Crippen LogP contribution < -0.4 is 0 Å². The fraction of sp³-hybridized carbons (Fsp3) is 0.391. The molecule has 3 fully saturated rings. The number of rotatable bonds is 4. The fourth-order valence-corrected chi connectivity index (χ4v) is 4.83. The second kappa shape index (κ2) is 7.40. The molecular formula is C23H26N4O.